The van der Waals surface area contributed by atoms with Gasteiger partial charge in [0, 0.05) is 30.4 Å². The van der Waals surface area contributed by atoms with Crippen LogP contribution in [0.15, 0.2) is 30.3 Å². The summed E-state index contributed by atoms with van der Waals surface area (Å²) >= 11 is 0. The molecular weight excluding hydrogens is 396 g/mol. The lowest BCUT2D eigenvalue weighted by Gasteiger charge is -2.22. The Kier molecular flexibility index (Phi) is 4.88. The summed E-state index contributed by atoms with van der Waals surface area (Å²) in [5.41, 5.74) is 2.55. The molecule has 0 N–H and O–H groups in total. The minimum Gasteiger partial charge on any atom is -0.493 e. The highest BCUT2D eigenvalue weighted by Crippen LogP contribution is 2.51. The molecule has 2 saturated carbocycles. The van der Waals surface area contributed by atoms with E-state index in [9.17, 15) is 9.59 Å². The highest BCUT2D eigenvalue weighted by Gasteiger charge is 2.55. The topological polar surface area (TPSA) is 71.1 Å². The molecule has 2 aromatic rings. The second kappa shape index (κ2) is 7.59. The second-order valence-corrected chi connectivity index (χ2v) is 8.61. The van der Waals surface area contributed by atoms with Crippen LogP contribution in [0.5, 0.6) is 17.2 Å². The molecule has 0 aromatic heterocycles. The first-order chi connectivity index (χ1) is 15.0. The number of ketones is 1. The van der Waals surface area contributed by atoms with Gasteiger partial charge in [-0.1, -0.05) is 18.2 Å². The molecule has 2 aromatic carbocycles. The predicted molar refractivity (Wildman–Crippen MR) is 114 cm³/mol. The van der Waals surface area contributed by atoms with Crippen LogP contribution in [0.3, 0.4) is 0 Å². The van der Waals surface area contributed by atoms with Crippen molar-refractivity contribution < 1.29 is 28.5 Å². The molecule has 0 spiro atoms. The molecule has 2 fully saturated rings. The summed E-state index contributed by atoms with van der Waals surface area (Å²) in [5, 5.41) is 0. The fourth-order valence-electron chi connectivity index (χ4n) is 4.12. The summed E-state index contributed by atoms with van der Waals surface area (Å²) < 4.78 is 23.0. The molecule has 0 bridgehead atoms. The van der Waals surface area contributed by atoms with Crippen LogP contribution in [0.4, 0.5) is 0 Å². The number of methoxy groups -OCH3 is 2. The zero-order valence-corrected chi connectivity index (χ0v) is 17.9. The van der Waals surface area contributed by atoms with Crippen molar-refractivity contribution in [1.29, 1.82) is 0 Å². The average molecular weight is 422 g/mol. The first kappa shape index (κ1) is 19.9. The van der Waals surface area contributed by atoms with Gasteiger partial charge in [-0.25, -0.2) is 4.79 Å². The molecule has 31 heavy (non-hydrogen) atoms. The number of esters is 1. The predicted octanol–water partition coefficient (Wildman–Crippen LogP) is 4.36. The smallest absolute Gasteiger partial charge is 0.350 e. The minimum atomic E-state index is -0.976. The fourth-order valence-corrected chi connectivity index (χ4v) is 4.12. The maximum Gasteiger partial charge on any atom is 0.350 e. The van der Waals surface area contributed by atoms with Crippen molar-refractivity contribution in [2.24, 2.45) is 5.92 Å². The number of carbonyl (C=O) groups is 2. The lowest BCUT2D eigenvalue weighted by molar-refractivity contribution is -0.154. The number of hydrogen-bond donors (Lipinski definition) is 0. The molecule has 5 rings (SSSR count). The molecule has 3 aliphatic carbocycles. The van der Waals surface area contributed by atoms with Crippen LogP contribution in [0.2, 0.25) is 0 Å². The van der Waals surface area contributed by atoms with Gasteiger partial charge in [-0.05, 0) is 48.4 Å². The Bertz CT molecular complexity index is 1050. The lowest BCUT2D eigenvalue weighted by Crippen LogP contribution is -2.32. The first-order valence-electron chi connectivity index (χ1n) is 10.8. The summed E-state index contributed by atoms with van der Waals surface area (Å²) in [4.78, 5) is 24.8. The molecule has 0 amide bonds. The van der Waals surface area contributed by atoms with Crippen LogP contribution in [0, 0.1) is 5.92 Å². The maximum absolute atomic E-state index is 12.8. The van der Waals surface area contributed by atoms with Crippen LogP contribution in [0.25, 0.3) is 11.1 Å². The van der Waals surface area contributed by atoms with Gasteiger partial charge in [0.15, 0.2) is 17.3 Å². The van der Waals surface area contributed by atoms with Crippen LogP contribution < -0.4 is 14.2 Å². The Labute approximate surface area is 181 Å². The Balaban J connectivity index is 1.52. The van der Waals surface area contributed by atoms with E-state index in [0.29, 0.717) is 49.0 Å². The SMILES string of the molecule is COc1ccc(-c2ccc3c(c2)CCC3=O)c(OC2(C(=O)OCC3CC3)CC2)c1OC. The van der Waals surface area contributed by atoms with Gasteiger partial charge in [-0.3, -0.25) is 4.79 Å². The van der Waals surface area contributed by atoms with Crippen molar-refractivity contribution in [1.82, 2.24) is 0 Å². The lowest BCUT2D eigenvalue weighted by atomic mass is 9.99. The van der Waals surface area contributed by atoms with Crippen LogP contribution >= 0.6 is 0 Å². The van der Waals surface area contributed by atoms with E-state index < -0.39 is 5.60 Å². The van der Waals surface area contributed by atoms with E-state index in [-0.39, 0.29) is 11.8 Å². The normalized spacial score (nSPS) is 18.3. The monoisotopic (exact) mass is 422 g/mol. The van der Waals surface area contributed by atoms with Crippen LogP contribution in [0.1, 0.15) is 48.0 Å². The molecule has 3 aliphatic rings. The summed E-state index contributed by atoms with van der Waals surface area (Å²) in [6, 6.07) is 9.54. The van der Waals surface area contributed by atoms with E-state index >= 15 is 0 Å². The molecule has 162 valence electrons. The highest BCUT2D eigenvalue weighted by atomic mass is 16.6. The Hall–Kier alpha value is -3.02. The first-order valence-corrected chi connectivity index (χ1v) is 10.8. The number of fused-ring (bicyclic) bond motifs is 1. The summed E-state index contributed by atoms with van der Waals surface area (Å²) in [6.07, 6.45) is 4.74. The molecular formula is C25H26O6. The van der Waals surface area contributed by atoms with Gasteiger partial charge in [0.05, 0.1) is 20.8 Å². The Morgan fingerprint density at radius 3 is 2.45 bits per heavy atom. The van der Waals surface area contributed by atoms with E-state index in [2.05, 4.69) is 0 Å². The molecule has 6 heteroatoms. The van der Waals surface area contributed by atoms with Crippen LogP contribution in [-0.2, 0) is 16.0 Å². The molecule has 0 saturated heterocycles. The fraction of sp³-hybridized carbons (Fsp3) is 0.440. The van der Waals surface area contributed by atoms with Crippen molar-refractivity contribution in [2.45, 2.75) is 44.1 Å². The van der Waals surface area contributed by atoms with E-state index in [1.165, 1.54) is 0 Å². The average Bonchev–Trinajstić information content (AvgIpc) is 3.72. The van der Waals surface area contributed by atoms with E-state index in [1.807, 2.05) is 30.3 Å². The molecule has 0 aliphatic heterocycles. The third-order valence-corrected chi connectivity index (χ3v) is 6.36. The van der Waals surface area contributed by atoms with Gasteiger partial charge in [-0.15, -0.1) is 0 Å². The van der Waals surface area contributed by atoms with Crippen molar-refractivity contribution in [3.8, 4) is 28.4 Å². The van der Waals surface area contributed by atoms with E-state index in [1.54, 1.807) is 14.2 Å². The molecule has 0 heterocycles. The quantitative estimate of drug-likeness (QED) is 0.589. The zero-order valence-electron chi connectivity index (χ0n) is 17.9. The van der Waals surface area contributed by atoms with Crippen LogP contribution in [-0.4, -0.2) is 38.2 Å². The summed E-state index contributed by atoms with van der Waals surface area (Å²) in [6.45, 7) is 0.463. The largest absolute Gasteiger partial charge is 0.493 e. The third kappa shape index (κ3) is 3.64. The van der Waals surface area contributed by atoms with Gasteiger partial charge in [0.25, 0.3) is 0 Å². The van der Waals surface area contributed by atoms with Crippen molar-refractivity contribution >= 4 is 11.8 Å². The van der Waals surface area contributed by atoms with Gasteiger partial charge in [0.2, 0.25) is 11.4 Å². The van der Waals surface area contributed by atoms with Gasteiger partial charge in [0.1, 0.15) is 0 Å². The van der Waals surface area contributed by atoms with Crippen molar-refractivity contribution in [3.05, 3.63) is 41.5 Å². The molecule has 0 unspecified atom stereocenters. The third-order valence-electron chi connectivity index (χ3n) is 6.36. The Morgan fingerprint density at radius 2 is 1.77 bits per heavy atom. The Morgan fingerprint density at radius 1 is 1.00 bits per heavy atom. The number of rotatable bonds is 8. The number of hydrogen-bond acceptors (Lipinski definition) is 6. The number of ether oxygens (including phenoxy) is 4. The number of benzene rings is 2. The minimum absolute atomic E-state index is 0.181. The zero-order chi connectivity index (χ0) is 21.6. The maximum atomic E-state index is 12.8. The number of aryl methyl sites for hydroxylation is 1. The second-order valence-electron chi connectivity index (χ2n) is 8.61. The standard InChI is InChI=1S/C25H26O6/c1-28-21-10-8-19(17-5-7-18-16(13-17)6-9-20(18)26)22(23(21)29-2)31-25(11-12-25)24(27)30-14-15-3-4-15/h5,7-8,10,13,15H,3-4,6,9,11-12,14H2,1-2H3. The van der Waals surface area contributed by atoms with Gasteiger partial charge < -0.3 is 18.9 Å². The van der Waals surface area contributed by atoms with Crippen molar-refractivity contribution in [2.75, 3.05) is 20.8 Å². The summed E-state index contributed by atoms with van der Waals surface area (Å²) in [7, 11) is 3.12. The molecule has 6 nitrogen and oxygen atoms in total. The van der Waals surface area contributed by atoms with Gasteiger partial charge >= 0.3 is 5.97 Å². The van der Waals surface area contributed by atoms with E-state index in [4.69, 9.17) is 18.9 Å². The van der Waals surface area contributed by atoms with Crippen molar-refractivity contribution in [3.63, 3.8) is 0 Å². The summed E-state index contributed by atoms with van der Waals surface area (Å²) in [5.74, 6) is 1.80. The number of Topliss-reactive ketones (excluding diaryl/α,β-unsaturated/α-hetero) is 1. The van der Waals surface area contributed by atoms with E-state index in [0.717, 1.165) is 41.5 Å². The molecule has 0 atom stereocenters. The number of carbonyl (C=O) groups excluding carboxylic acids is 2. The highest BCUT2D eigenvalue weighted by molar-refractivity contribution is 6.01. The van der Waals surface area contributed by atoms with Gasteiger partial charge in [-0.2, -0.15) is 0 Å². The molecule has 0 radical (unpaired) electrons.